The Kier molecular flexibility index (Phi) is 15.3. The molecule has 0 fully saturated rings. The molecule has 0 saturated heterocycles. The summed E-state index contributed by atoms with van der Waals surface area (Å²) in [5.41, 5.74) is 25.8. The van der Waals surface area contributed by atoms with Gasteiger partial charge < -0.3 is 0 Å². The summed E-state index contributed by atoms with van der Waals surface area (Å²) in [6.07, 6.45) is 4.72. The minimum Gasteiger partial charge on any atom is -0.0654 e. The van der Waals surface area contributed by atoms with Gasteiger partial charge in [-0.15, -0.1) is 0 Å². The molecule has 0 atom stereocenters. The van der Waals surface area contributed by atoms with Crippen LogP contribution in [0.1, 0.15) is 133 Å². The normalized spacial score (nSPS) is 12.1. The number of hydrogen-bond donors (Lipinski definition) is 0. The van der Waals surface area contributed by atoms with Crippen molar-refractivity contribution in [3.8, 4) is 0 Å². The van der Waals surface area contributed by atoms with Gasteiger partial charge in [0.15, 0.2) is 0 Å². The van der Waals surface area contributed by atoms with Crippen LogP contribution in [-0.2, 0) is 0 Å². The Morgan fingerprint density at radius 1 is 0.270 bits per heavy atom. The smallest absolute Gasteiger partial charge is 0.0546 e. The van der Waals surface area contributed by atoms with Gasteiger partial charge in [0, 0.05) is 0 Å². The molecule has 6 aromatic rings. The van der Waals surface area contributed by atoms with Crippen molar-refractivity contribution in [2.24, 2.45) is 0 Å². The molecule has 0 radical (unpaired) electrons. The first-order chi connectivity index (χ1) is 29.7. The highest BCUT2D eigenvalue weighted by Gasteiger charge is 2.56. The third-order valence-corrected chi connectivity index (χ3v) is 28.0. The van der Waals surface area contributed by atoms with Crippen molar-refractivity contribution in [1.29, 1.82) is 0 Å². The fraction of sp³-hybridized carbons (Fsp3) is 0.400. The van der Waals surface area contributed by atoms with E-state index in [0.29, 0.717) is 0 Å². The zero-order valence-corrected chi connectivity index (χ0v) is 45.3. The minimum atomic E-state index is -1.05. The van der Waals surface area contributed by atoms with E-state index in [1.54, 1.807) is 31.8 Å². The van der Waals surface area contributed by atoms with Gasteiger partial charge in [-0.1, -0.05) is 99.0 Å². The predicted octanol–water partition coefficient (Wildman–Crippen LogP) is 15.2. The fourth-order valence-electron chi connectivity index (χ4n) is 9.90. The summed E-state index contributed by atoms with van der Waals surface area (Å²) in [7, 11) is -3.15. The highest BCUT2D eigenvalue weighted by molar-refractivity contribution is 8.05. The zero-order valence-electron chi connectivity index (χ0n) is 42.6. The highest BCUT2D eigenvalue weighted by Crippen LogP contribution is 2.80. The summed E-state index contributed by atoms with van der Waals surface area (Å²) in [5, 5.41) is 9.43. The third kappa shape index (κ3) is 8.74. The molecule has 0 aliphatic heterocycles. The number of aryl methyl sites for hydroxylation is 6. The monoisotopic (exact) mass is 891 g/mol. The molecule has 6 rings (SSSR count). The van der Waals surface area contributed by atoms with E-state index in [9.17, 15) is 0 Å². The summed E-state index contributed by atoms with van der Waals surface area (Å²) in [5.74, 6) is 0. The fourth-order valence-corrected chi connectivity index (χ4v) is 24.8. The maximum absolute atomic E-state index is 2.61. The number of unbranched alkanes of at least 4 members (excludes halogenated alkanes) is 2. The first-order valence-electron chi connectivity index (χ1n) is 23.5. The molecule has 0 aromatic heterocycles. The molecular formula is C60H77P3. The quantitative estimate of drug-likeness (QED) is 0.0801. The van der Waals surface area contributed by atoms with Crippen LogP contribution in [0.4, 0.5) is 0 Å². The Bertz CT molecular complexity index is 2240. The van der Waals surface area contributed by atoms with Gasteiger partial charge >= 0.3 is 0 Å². The van der Waals surface area contributed by atoms with Gasteiger partial charge in [-0.3, -0.25) is 0 Å². The molecule has 0 unspecified atom stereocenters. The van der Waals surface area contributed by atoms with Crippen molar-refractivity contribution >= 4 is 55.6 Å². The van der Waals surface area contributed by atoms with E-state index in [-0.39, 0.29) is 4.64 Å². The number of hydrogen-bond acceptors (Lipinski definition) is 0. The average molecular weight is 891 g/mol. The summed E-state index contributed by atoms with van der Waals surface area (Å²) < 4.78 is -0.216. The second-order valence-electron chi connectivity index (χ2n) is 19.1. The molecule has 0 N–H and O–H groups in total. The van der Waals surface area contributed by atoms with Crippen molar-refractivity contribution < 1.29 is 0 Å². The topological polar surface area (TPSA) is 0 Å². The lowest BCUT2D eigenvalue weighted by molar-refractivity contribution is 0.680. The van der Waals surface area contributed by atoms with Crippen LogP contribution in [0, 0.1) is 125 Å². The van der Waals surface area contributed by atoms with Crippen LogP contribution in [0.25, 0.3) is 0 Å². The highest BCUT2D eigenvalue weighted by atomic mass is 31.2. The zero-order chi connectivity index (χ0) is 46.4. The molecule has 0 nitrogen and oxygen atoms in total. The minimum absolute atomic E-state index is 0.216. The lowest BCUT2D eigenvalue weighted by atomic mass is 10.0. The van der Waals surface area contributed by atoms with Crippen molar-refractivity contribution in [2.75, 3.05) is 0 Å². The Labute approximate surface area is 388 Å². The molecule has 0 saturated carbocycles. The molecule has 0 bridgehead atoms. The van der Waals surface area contributed by atoms with Crippen molar-refractivity contribution in [1.82, 2.24) is 0 Å². The van der Waals surface area contributed by atoms with E-state index in [1.165, 1.54) is 119 Å². The third-order valence-electron chi connectivity index (χ3n) is 15.8. The SMILES string of the molecule is CCCCCC(P(c1ccc(C)c(C)c1C)c1ccc(C)c(C)c1C)(P(c1ccc(C)c(C)c1C)c1ccc(C)c(C)c1C)P(c1ccc(C)c(C)c1C)c1ccc(C)c(C)c1C. The molecular weight excluding hydrogens is 814 g/mol. The molecule has 0 aliphatic carbocycles. The van der Waals surface area contributed by atoms with Crippen molar-refractivity contribution in [3.05, 3.63) is 173 Å². The van der Waals surface area contributed by atoms with E-state index in [1.807, 2.05) is 0 Å². The maximum atomic E-state index is 2.61. The van der Waals surface area contributed by atoms with Crippen LogP contribution in [0.15, 0.2) is 72.8 Å². The Hall–Kier alpha value is -3.39. The van der Waals surface area contributed by atoms with Gasteiger partial charge in [-0.25, -0.2) is 0 Å². The Morgan fingerprint density at radius 3 is 0.635 bits per heavy atom. The lowest BCUT2D eigenvalue weighted by Gasteiger charge is -2.55. The molecule has 6 aromatic carbocycles. The first-order valence-corrected chi connectivity index (χ1v) is 27.6. The van der Waals surface area contributed by atoms with Gasteiger partial charge in [0.2, 0.25) is 0 Å². The first kappa shape index (κ1) is 49.1. The number of rotatable bonds is 13. The summed E-state index contributed by atoms with van der Waals surface area (Å²) in [4.78, 5) is 0. The van der Waals surface area contributed by atoms with Crippen molar-refractivity contribution in [3.63, 3.8) is 0 Å². The van der Waals surface area contributed by atoms with Gasteiger partial charge in [-0.05, 0) is 287 Å². The summed E-state index contributed by atoms with van der Waals surface area (Å²) in [6, 6.07) is 30.4. The van der Waals surface area contributed by atoms with E-state index < -0.39 is 23.8 Å². The van der Waals surface area contributed by atoms with Gasteiger partial charge in [0.1, 0.15) is 0 Å². The van der Waals surface area contributed by atoms with Crippen molar-refractivity contribution in [2.45, 2.75) is 162 Å². The van der Waals surface area contributed by atoms with Crippen LogP contribution >= 0.6 is 23.8 Å². The van der Waals surface area contributed by atoms with E-state index >= 15 is 0 Å². The molecule has 0 aliphatic rings. The molecule has 3 heteroatoms. The van der Waals surface area contributed by atoms with Crippen LogP contribution in [-0.4, -0.2) is 4.64 Å². The van der Waals surface area contributed by atoms with Crippen LogP contribution in [0.5, 0.6) is 0 Å². The summed E-state index contributed by atoms with van der Waals surface area (Å²) in [6.45, 7) is 45.5. The Balaban J connectivity index is 2.07. The van der Waals surface area contributed by atoms with Crippen LogP contribution in [0.2, 0.25) is 0 Å². The lowest BCUT2D eigenvalue weighted by Crippen LogP contribution is -2.45. The molecule has 63 heavy (non-hydrogen) atoms. The van der Waals surface area contributed by atoms with Gasteiger partial charge in [0.25, 0.3) is 0 Å². The second kappa shape index (κ2) is 19.6. The van der Waals surface area contributed by atoms with E-state index in [4.69, 9.17) is 0 Å². The van der Waals surface area contributed by atoms with E-state index in [0.717, 1.165) is 6.42 Å². The predicted molar refractivity (Wildman–Crippen MR) is 289 cm³/mol. The van der Waals surface area contributed by atoms with Gasteiger partial charge in [0.05, 0.1) is 4.64 Å². The summed E-state index contributed by atoms with van der Waals surface area (Å²) >= 11 is 0. The molecule has 0 spiro atoms. The second-order valence-corrected chi connectivity index (χ2v) is 27.4. The molecule has 0 amide bonds. The molecule has 332 valence electrons. The van der Waals surface area contributed by atoms with Crippen LogP contribution in [0.3, 0.4) is 0 Å². The van der Waals surface area contributed by atoms with Gasteiger partial charge in [-0.2, -0.15) is 0 Å². The maximum Gasteiger partial charge on any atom is 0.0546 e. The Morgan fingerprint density at radius 2 is 0.460 bits per heavy atom. The largest absolute Gasteiger partial charge is 0.0654 e. The average Bonchev–Trinajstić information content (AvgIpc) is 3.25. The standard InChI is InChI=1S/C60H77P3/c1-20-21-22-35-60(61(54-29-23-36(2)42(8)48(54)14)55-30-24-37(3)43(9)49(55)15,62(56-31-25-38(4)44(10)50(56)16)57-32-26-39(5)45(11)51(57)17)63(58-33-27-40(6)46(12)52(58)18)59-34-28-41(7)47(13)53(59)19/h23-34H,20-22,35H2,1-19H3. The molecule has 0 heterocycles. The van der Waals surface area contributed by atoms with Crippen LogP contribution < -0.4 is 31.8 Å². The number of benzene rings is 6. The van der Waals surface area contributed by atoms with E-state index in [2.05, 4.69) is 204 Å².